The third-order valence-corrected chi connectivity index (χ3v) is 5.12. The average molecular weight is 415 g/mol. The Labute approximate surface area is 181 Å². The summed E-state index contributed by atoms with van der Waals surface area (Å²) in [5, 5.41) is 7.58. The maximum Gasteiger partial charge on any atom is 0.270 e. The van der Waals surface area contributed by atoms with E-state index in [-0.39, 0.29) is 17.4 Å². The quantitative estimate of drug-likeness (QED) is 0.546. The number of aryl methyl sites for hydroxylation is 2. The lowest BCUT2D eigenvalue weighted by Gasteiger charge is -2.22. The van der Waals surface area contributed by atoms with Gasteiger partial charge in [0.1, 0.15) is 11.5 Å². The lowest BCUT2D eigenvalue weighted by atomic mass is 9.91. The number of carbonyl (C=O) groups is 1. The van der Waals surface area contributed by atoms with Gasteiger partial charge in [-0.05, 0) is 37.1 Å². The minimum atomic E-state index is -0.350. The van der Waals surface area contributed by atoms with Crippen molar-refractivity contribution in [1.82, 2.24) is 29.9 Å². The van der Waals surface area contributed by atoms with E-state index in [0.29, 0.717) is 17.3 Å². The molecule has 3 heterocycles. The zero-order valence-electron chi connectivity index (χ0n) is 18.4. The Kier molecular flexibility index (Phi) is 5.27. The van der Waals surface area contributed by atoms with Crippen molar-refractivity contribution >= 4 is 11.7 Å². The summed E-state index contributed by atoms with van der Waals surface area (Å²) in [4.78, 5) is 26.4. The second-order valence-corrected chi connectivity index (χ2v) is 8.75. The summed E-state index contributed by atoms with van der Waals surface area (Å²) < 4.78 is 1.71. The van der Waals surface area contributed by atoms with E-state index >= 15 is 0 Å². The molecular formula is C24H26N6O. The molecule has 158 valence electrons. The first kappa shape index (κ1) is 20.7. The number of hydrogen-bond acceptors (Lipinski definition) is 5. The summed E-state index contributed by atoms with van der Waals surface area (Å²) in [5.41, 5.74) is 3.97. The fourth-order valence-corrected chi connectivity index (χ4v) is 3.49. The normalized spacial score (nSPS) is 12.7. The SMILES string of the molecule is Cc1ccc([C@@H](NC(=O)c2cc(C(C)(C)C)n3nc(C)nc3n2)c2cccnc2)cc1. The number of nitrogens with zero attached hydrogens (tertiary/aromatic N) is 5. The number of aromatic nitrogens is 5. The van der Waals surface area contributed by atoms with E-state index in [1.807, 2.05) is 50.2 Å². The molecule has 0 aliphatic heterocycles. The highest BCUT2D eigenvalue weighted by atomic mass is 16.2. The number of fused-ring (bicyclic) bond motifs is 1. The van der Waals surface area contributed by atoms with Crippen molar-refractivity contribution in [1.29, 1.82) is 0 Å². The van der Waals surface area contributed by atoms with E-state index in [4.69, 9.17) is 0 Å². The van der Waals surface area contributed by atoms with Gasteiger partial charge in [-0.1, -0.05) is 56.7 Å². The minimum Gasteiger partial charge on any atom is -0.340 e. The van der Waals surface area contributed by atoms with Gasteiger partial charge in [0.15, 0.2) is 0 Å². The number of hydrogen-bond donors (Lipinski definition) is 1. The van der Waals surface area contributed by atoms with E-state index in [2.05, 4.69) is 46.1 Å². The van der Waals surface area contributed by atoms with Crippen LogP contribution in [-0.2, 0) is 5.41 Å². The second-order valence-electron chi connectivity index (χ2n) is 8.75. The first-order valence-electron chi connectivity index (χ1n) is 10.2. The van der Waals surface area contributed by atoms with Gasteiger partial charge < -0.3 is 5.32 Å². The van der Waals surface area contributed by atoms with Crippen molar-refractivity contribution in [2.45, 2.75) is 46.1 Å². The first-order valence-corrected chi connectivity index (χ1v) is 10.2. The molecule has 0 bridgehead atoms. The molecule has 0 fully saturated rings. The van der Waals surface area contributed by atoms with Gasteiger partial charge in [0.05, 0.1) is 11.7 Å². The smallest absolute Gasteiger partial charge is 0.270 e. The Morgan fingerprint density at radius 2 is 1.77 bits per heavy atom. The van der Waals surface area contributed by atoms with Gasteiger partial charge in [0, 0.05) is 17.8 Å². The Morgan fingerprint density at radius 1 is 1.03 bits per heavy atom. The van der Waals surface area contributed by atoms with Crippen LogP contribution in [-0.4, -0.2) is 30.5 Å². The van der Waals surface area contributed by atoms with Crippen LogP contribution in [0.1, 0.15) is 65.5 Å². The molecule has 7 heteroatoms. The predicted molar refractivity (Wildman–Crippen MR) is 119 cm³/mol. The van der Waals surface area contributed by atoms with Crippen LogP contribution in [0, 0.1) is 13.8 Å². The van der Waals surface area contributed by atoms with Gasteiger partial charge >= 0.3 is 0 Å². The van der Waals surface area contributed by atoms with Crippen molar-refractivity contribution in [3.8, 4) is 0 Å². The Balaban J connectivity index is 1.75. The summed E-state index contributed by atoms with van der Waals surface area (Å²) >= 11 is 0. The topological polar surface area (TPSA) is 85.1 Å². The van der Waals surface area contributed by atoms with Crippen LogP contribution < -0.4 is 5.32 Å². The molecule has 0 spiro atoms. The zero-order valence-corrected chi connectivity index (χ0v) is 18.4. The van der Waals surface area contributed by atoms with Gasteiger partial charge in [-0.25, -0.2) is 9.50 Å². The van der Waals surface area contributed by atoms with Gasteiger partial charge in [0.25, 0.3) is 11.7 Å². The van der Waals surface area contributed by atoms with Crippen molar-refractivity contribution in [2.75, 3.05) is 0 Å². The third-order valence-electron chi connectivity index (χ3n) is 5.12. The van der Waals surface area contributed by atoms with Crippen LogP contribution in [0.3, 0.4) is 0 Å². The van der Waals surface area contributed by atoms with Crippen LogP contribution >= 0.6 is 0 Å². The fourth-order valence-electron chi connectivity index (χ4n) is 3.49. The molecule has 1 aromatic carbocycles. The maximum absolute atomic E-state index is 13.3. The molecule has 0 saturated heterocycles. The molecule has 4 aromatic rings. The predicted octanol–water partition coefficient (Wildman–Crippen LogP) is 3.95. The summed E-state index contributed by atoms with van der Waals surface area (Å²) in [6.07, 6.45) is 3.49. The van der Waals surface area contributed by atoms with E-state index < -0.39 is 0 Å². The monoisotopic (exact) mass is 414 g/mol. The molecule has 0 aliphatic rings. The van der Waals surface area contributed by atoms with E-state index in [1.165, 1.54) is 0 Å². The van der Waals surface area contributed by atoms with Crippen molar-refractivity contribution in [2.24, 2.45) is 0 Å². The van der Waals surface area contributed by atoms with Crippen LogP contribution in [0.15, 0.2) is 54.9 Å². The van der Waals surface area contributed by atoms with Crippen LogP contribution in [0.4, 0.5) is 0 Å². The highest BCUT2D eigenvalue weighted by molar-refractivity contribution is 5.93. The number of nitrogens with one attached hydrogen (secondary N) is 1. The molecule has 7 nitrogen and oxygen atoms in total. The molecule has 0 radical (unpaired) electrons. The number of rotatable bonds is 4. The highest BCUT2D eigenvalue weighted by Gasteiger charge is 2.25. The van der Waals surface area contributed by atoms with E-state index in [1.54, 1.807) is 23.0 Å². The average Bonchev–Trinajstić information content (AvgIpc) is 3.11. The number of benzene rings is 1. The standard InChI is InChI=1S/C24H26N6O/c1-15-8-10-17(11-9-15)21(18-7-6-12-25-14-18)28-22(31)19-13-20(24(3,4)5)30-23(27-19)26-16(2)29-30/h6-14,21H,1-5H3,(H,28,31)/t21-/m1/s1. The van der Waals surface area contributed by atoms with E-state index in [0.717, 1.165) is 22.4 Å². The lowest BCUT2D eigenvalue weighted by molar-refractivity contribution is 0.0937. The maximum atomic E-state index is 13.3. The number of pyridine rings is 1. The molecule has 0 unspecified atom stereocenters. The van der Waals surface area contributed by atoms with E-state index in [9.17, 15) is 4.79 Å². The van der Waals surface area contributed by atoms with Crippen LogP contribution in [0.5, 0.6) is 0 Å². The number of amides is 1. The minimum absolute atomic E-state index is 0.240. The molecule has 1 atom stereocenters. The molecule has 1 amide bonds. The summed E-state index contributed by atoms with van der Waals surface area (Å²) in [6, 6.07) is 13.4. The van der Waals surface area contributed by atoms with Gasteiger partial charge in [0.2, 0.25) is 0 Å². The van der Waals surface area contributed by atoms with Crippen molar-refractivity contribution in [3.63, 3.8) is 0 Å². The van der Waals surface area contributed by atoms with Crippen LogP contribution in [0.2, 0.25) is 0 Å². The Morgan fingerprint density at radius 3 is 2.42 bits per heavy atom. The lowest BCUT2D eigenvalue weighted by Crippen LogP contribution is -2.31. The highest BCUT2D eigenvalue weighted by Crippen LogP contribution is 2.25. The molecule has 0 aliphatic carbocycles. The Hall–Kier alpha value is -3.61. The molecule has 31 heavy (non-hydrogen) atoms. The van der Waals surface area contributed by atoms with Gasteiger partial charge in [-0.2, -0.15) is 10.1 Å². The molecule has 1 N–H and O–H groups in total. The molecular weight excluding hydrogens is 388 g/mol. The van der Waals surface area contributed by atoms with Crippen molar-refractivity contribution < 1.29 is 4.79 Å². The molecule has 4 rings (SSSR count). The molecule has 0 saturated carbocycles. The fraction of sp³-hybridized carbons (Fsp3) is 0.292. The summed E-state index contributed by atoms with van der Waals surface area (Å²) in [5.74, 6) is 0.759. The largest absolute Gasteiger partial charge is 0.340 e. The second kappa shape index (κ2) is 7.91. The summed E-state index contributed by atoms with van der Waals surface area (Å²) in [6.45, 7) is 10.1. The first-order chi connectivity index (χ1) is 14.7. The Bertz CT molecular complexity index is 1220. The third kappa shape index (κ3) is 4.30. The van der Waals surface area contributed by atoms with Crippen molar-refractivity contribution in [3.05, 3.63) is 88.8 Å². The van der Waals surface area contributed by atoms with Gasteiger partial charge in [-0.15, -0.1) is 0 Å². The molecule has 3 aromatic heterocycles. The van der Waals surface area contributed by atoms with Gasteiger partial charge in [-0.3, -0.25) is 9.78 Å². The zero-order chi connectivity index (χ0) is 22.2. The number of carbonyl (C=O) groups excluding carboxylic acids is 1. The summed E-state index contributed by atoms with van der Waals surface area (Å²) in [7, 11) is 0. The van der Waals surface area contributed by atoms with Crippen LogP contribution in [0.25, 0.3) is 5.78 Å².